The van der Waals surface area contributed by atoms with E-state index in [9.17, 15) is 4.79 Å². The first-order valence-electron chi connectivity index (χ1n) is 8.06. The summed E-state index contributed by atoms with van der Waals surface area (Å²) < 4.78 is 10.6. The molecule has 0 aromatic heterocycles. The van der Waals surface area contributed by atoms with E-state index in [1.54, 1.807) is 19.2 Å². The van der Waals surface area contributed by atoms with E-state index in [1.807, 2.05) is 31.2 Å². The third kappa shape index (κ3) is 3.68. The third-order valence-corrected chi connectivity index (χ3v) is 4.17. The standard InChI is InChI=1S/C19H22N2O3/c1-14-12-16(21-8-10-24-11-9-21)6-7-18(14)20-19(22)15-4-3-5-17(13-15)23-2/h3-7,12-13H,8-11H2,1-2H3,(H,20,22). The number of benzene rings is 2. The van der Waals surface area contributed by atoms with Gasteiger partial charge in [0.05, 0.1) is 20.3 Å². The second kappa shape index (κ2) is 7.36. The number of hydrogen-bond acceptors (Lipinski definition) is 4. The van der Waals surface area contributed by atoms with Crippen LogP contribution in [0.25, 0.3) is 0 Å². The third-order valence-electron chi connectivity index (χ3n) is 4.17. The molecule has 1 amide bonds. The number of amides is 1. The van der Waals surface area contributed by atoms with Crippen molar-refractivity contribution in [2.45, 2.75) is 6.92 Å². The Morgan fingerprint density at radius 2 is 1.96 bits per heavy atom. The van der Waals surface area contributed by atoms with E-state index >= 15 is 0 Å². The van der Waals surface area contributed by atoms with Gasteiger partial charge in [0.25, 0.3) is 5.91 Å². The summed E-state index contributed by atoms with van der Waals surface area (Å²) >= 11 is 0. The summed E-state index contributed by atoms with van der Waals surface area (Å²) in [6.45, 7) is 5.32. The fraction of sp³-hybridized carbons (Fsp3) is 0.316. The average Bonchev–Trinajstić information content (AvgIpc) is 2.64. The van der Waals surface area contributed by atoms with Crippen LogP contribution in [0.1, 0.15) is 15.9 Å². The van der Waals surface area contributed by atoms with Gasteiger partial charge in [-0.2, -0.15) is 0 Å². The highest BCUT2D eigenvalue weighted by atomic mass is 16.5. The zero-order valence-electron chi connectivity index (χ0n) is 14.0. The molecule has 1 N–H and O–H groups in total. The first-order valence-corrected chi connectivity index (χ1v) is 8.06. The number of carbonyl (C=O) groups excluding carboxylic acids is 1. The zero-order chi connectivity index (χ0) is 16.9. The summed E-state index contributed by atoms with van der Waals surface area (Å²) in [5.74, 6) is 0.526. The van der Waals surface area contributed by atoms with E-state index in [1.165, 1.54) is 0 Å². The van der Waals surface area contributed by atoms with Crippen molar-refractivity contribution in [2.75, 3.05) is 43.6 Å². The molecular formula is C19H22N2O3. The molecule has 0 radical (unpaired) electrons. The number of morpholine rings is 1. The molecular weight excluding hydrogens is 304 g/mol. The minimum atomic E-state index is -0.142. The van der Waals surface area contributed by atoms with Crippen LogP contribution in [0.4, 0.5) is 11.4 Å². The molecule has 2 aromatic carbocycles. The molecule has 5 heteroatoms. The number of rotatable bonds is 4. The predicted molar refractivity (Wildman–Crippen MR) is 95.2 cm³/mol. The van der Waals surface area contributed by atoms with Gasteiger partial charge in [-0.05, 0) is 48.9 Å². The Balaban J connectivity index is 1.73. The molecule has 0 saturated carbocycles. The fourth-order valence-corrected chi connectivity index (χ4v) is 2.77. The second-order valence-corrected chi connectivity index (χ2v) is 5.78. The van der Waals surface area contributed by atoms with Crippen molar-refractivity contribution in [3.63, 3.8) is 0 Å². The second-order valence-electron chi connectivity index (χ2n) is 5.78. The summed E-state index contributed by atoms with van der Waals surface area (Å²) in [4.78, 5) is 14.7. The smallest absolute Gasteiger partial charge is 0.255 e. The summed E-state index contributed by atoms with van der Waals surface area (Å²) in [6, 6.07) is 13.2. The van der Waals surface area contributed by atoms with Gasteiger partial charge in [0.1, 0.15) is 5.75 Å². The van der Waals surface area contributed by atoms with Crippen LogP contribution in [-0.4, -0.2) is 39.3 Å². The topological polar surface area (TPSA) is 50.8 Å². The van der Waals surface area contributed by atoms with Gasteiger partial charge in [-0.3, -0.25) is 4.79 Å². The quantitative estimate of drug-likeness (QED) is 0.938. The van der Waals surface area contributed by atoms with Crippen molar-refractivity contribution in [1.29, 1.82) is 0 Å². The van der Waals surface area contributed by atoms with Gasteiger partial charge >= 0.3 is 0 Å². The van der Waals surface area contributed by atoms with Crippen LogP contribution in [0.5, 0.6) is 5.75 Å². The molecule has 1 saturated heterocycles. The molecule has 0 bridgehead atoms. The minimum absolute atomic E-state index is 0.142. The number of hydrogen-bond donors (Lipinski definition) is 1. The van der Waals surface area contributed by atoms with E-state index in [0.29, 0.717) is 11.3 Å². The van der Waals surface area contributed by atoms with Gasteiger partial charge in [-0.1, -0.05) is 6.07 Å². The summed E-state index contributed by atoms with van der Waals surface area (Å²) in [5, 5.41) is 2.97. The Morgan fingerprint density at radius 3 is 2.67 bits per heavy atom. The van der Waals surface area contributed by atoms with Crippen molar-refractivity contribution in [3.8, 4) is 5.75 Å². The largest absolute Gasteiger partial charge is 0.497 e. The number of aryl methyl sites for hydroxylation is 1. The lowest BCUT2D eigenvalue weighted by Gasteiger charge is -2.29. The summed E-state index contributed by atoms with van der Waals surface area (Å²) in [6.07, 6.45) is 0. The van der Waals surface area contributed by atoms with E-state index in [2.05, 4.69) is 16.3 Å². The molecule has 1 aliphatic heterocycles. The van der Waals surface area contributed by atoms with E-state index in [0.717, 1.165) is 43.2 Å². The first-order chi connectivity index (χ1) is 11.7. The molecule has 1 fully saturated rings. The van der Waals surface area contributed by atoms with Crippen LogP contribution in [0, 0.1) is 6.92 Å². The van der Waals surface area contributed by atoms with Crippen molar-refractivity contribution in [2.24, 2.45) is 0 Å². The van der Waals surface area contributed by atoms with Gasteiger partial charge in [0, 0.05) is 30.0 Å². The Hall–Kier alpha value is -2.53. The highest BCUT2D eigenvalue weighted by Gasteiger charge is 2.13. The van der Waals surface area contributed by atoms with Crippen LogP contribution in [0.2, 0.25) is 0 Å². The highest BCUT2D eigenvalue weighted by Crippen LogP contribution is 2.24. The molecule has 0 spiro atoms. The van der Waals surface area contributed by atoms with Gasteiger partial charge < -0.3 is 19.7 Å². The zero-order valence-corrected chi connectivity index (χ0v) is 14.0. The fourth-order valence-electron chi connectivity index (χ4n) is 2.77. The van der Waals surface area contributed by atoms with Crippen LogP contribution < -0.4 is 15.0 Å². The number of carbonyl (C=O) groups is 1. The highest BCUT2D eigenvalue weighted by molar-refractivity contribution is 6.05. The van der Waals surface area contributed by atoms with Crippen molar-refractivity contribution >= 4 is 17.3 Å². The minimum Gasteiger partial charge on any atom is -0.497 e. The van der Waals surface area contributed by atoms with E-state index < -0.39 is 0 Å². The lowest BCUT2D eigenvalue weighted by Crippen LogP contribution is -2.36. The van der Waals surface area contributed by atoms with Crippen LogP contribution in [0.15, 0.2) is 42.5 Å². The number of nitrogens with one attached hydrogen (secondary N) is 1. The Kier molecular flexibility index (Phi) is 5.01. The Bertz CT molecular complexity index is 724. The molecule has 0 aliphatic carbocycles. The average molecular weight is 326 g/mol. The van der Waals surface area contributed by atoms with Gasteiger partial charge in [0.2, 0.25) is 0 Å². The summed E-state index contributed by atoms with van der Waals surface area (Å²) in [7, 11) is 1.59. The van der Waals surface area contributed by atoms with Crippen molar-refractivity contribution in [3.05, 3.63) is 53.6 Å². The van der Waals surface area contributed by atoms with Crippen LogP contribution in [-0.2, 0) is 4.74 Å². The maximum atomic E-state index is 12.4. The van der Waals surface area contributed by atoms with Gasteiger partial charge in [-0.25, -0.2) is 0 Å². The monoisotopic (exact) mass is 326 g/mol. The van der Waals surface area contributed by atoms with Crippen LogP contribution >= 0.6 is 0 Å². The summed E-state index contributed by atoms with van der Waals surface area (Å²) in [5.41, 5.74) is 3.59. The normalized spacial score (nSPS) is 14.3. The predicted octanol–water partition coefficient (Wildman–Crippen LogP) is 3.09. The molecule has 1 heterocycles. The lowest BCUT2D eigenvalue weighted by atomic mass is 10.1. The number of nitrogens with zero attached hydrogens (tertiary/aromatic N) is 1. The Morgan fingerprint density at radius 1 is 1.17 bits per heavy atom. The first kappa shape index (κ1) is 16.3. The maximum absolute atomic E-state index is 12.4. The maximum Gasteiger partial charge on any atom is 0.255 e. The van der Waals surface area contributed by atoms with Gasteiger partial charge in [-0.15, -0.1) is 0 Å². The lowest BCUT2D eigenvalue weighted by molar-refractivity contribution is 0.102. The van der Waals surface area contributed by atoms with Crippen molar-refractivity contribution < 1.29 is 14.3 Å². The molecule has 3 rings (SSSR count). The number of ether oxygens (including phenoxy) is 2. The molecule has 5 nitrogen and oxygen atoms in total. The van der Waals surface area contributed by atoms with E-state index in [4.69, 9.17) is 9.47 Å². The molecule has 126 valence electrons. The molecule has 2 aromatic rings. The number of anilines is 2. The molecule has 0 atom stereocenters. The molecule has 24 heavy (non-hydrogen) atoms. The van der Waals surface area contributed by atoms with Crippen LogP contribution in [0.3, 0.4) is 0 Å². The molecule has 0 unspecified atom stereocenters. The van der Waals surface area contributed by atoms with Crippen molar-refractivity contribution in [1.82, 2.24) is 0 Å². The SMILES string of the molecule is COc1cccc(C(=O)Nc2ccc(N3CCOCC3)cc2C)c1. The van der Waals surface area contributed by atoms with Gasteiger partial charge in [0.15, 0.2) is 0 Å². The van der Waals surface area contributed by atoms with E-state index in [-0.39, 0.29) is 5.91 Å². The molecule has 1 aliphatic rings. The Labute approximate surface area is 142 Å². The number of methoxy groups -OCH3 is 1.